The lowest BCUT2D eigenvalue weighted by Crippen LogP contribution is -2.54. The van der Waals surface area contributed by atoms with Crippen molar-refractivity contribution in [2.45, 2.75) is 52.2 Å². The number of nitrogens with one attached hydrogen (secondary N) is 2. The Morgan fingerprint density at radius 1 is 1.12 bits per heavy atom. The highest BCUT2D eigenvalue weighted by Crippen LogP contribution is 2.38. The van der Waals surface area contributed by atoms with Crippen LogP contribution < -0.4 is 25.0 Å². The second kappa shape index (κ2) is 9.13. The van der Waals surface area contributed by atoms with Crippen molar-refractivity contribution in [1.29, 1.82) is 0 Å². The van der Waals surface area contributed by atoms with Crippen LogP contribution in [-0.4, -0.2) is 42.5 Å². The predicted molar refractivity (Wildman–Crippen MR) is 127 cm³/mol. The third-order valence-corrected chi connectivity index (χ3v) is 5.65. The molecule has 0 atom stereocenters. The second-order valence-corrected chi connectivity index (χ2v) is 9.15. The molecule has 0 aromatic heterocycles. The van der Waals surface area contributed by atoms with Crippen molar-refractivity contribution in [1.82, 2.24) is 5.32 Å². The molecule has 2 aromatic rings. The first-order valence-corrected chi connectivity index (χ1v) is 10.9. The molecule has 0 aliphatic carbocycles. The van der Waals surface area contributed by atoms with E-state index >= 15 is 0 Å². The quantitative estimate of drug-likeness (QED) is 0.665. The van der Waals surface area contributed by atoms with Crippen LogP contribution in [0.4, 0.5) is 11.4 Å². The maximum absolute atomic E-state index is 13.1. The lowest BCUT2D eigenvalue weighted by Gasteiger charge is -2.38. The predicted octanol–water partition coefficient (Wildman–Crippen LogP) is 3.76. The van der Waals surface area contributed by atoms with E-state index in [9.17, 15) is 14.4 Å². The van der Waals surface area contributed by atoms with Gasteiger partial charge in [0, 0.05) is 16.8 Å². The molecule has 0 radical (unpaired) electrons. The van der Waals surface area contributed by atoms with Crippen LogP contribution in [0.1, 0.15) is 51.4 Å². The average molecular weight is 454 g/mol. The van der Waals surface area contributed by atoms with Crippen molar-refractivity contribution in [3.63, 3.8) is 0 Å². The molecule has 1 aliphatic heterocycles. The summed E-state index contributed by atoms with van der Waals surface area (Å²) in [4.78, 5) is 40.1. The average Bonchev–Trinajstić information content (AvgIpc) is 2.76. The number of nitrogens with zero attached hydrogens (tertiary/aromatic N) is 1. The molecule has 0 spiro atoms. The number of amides is 3. The maximum atomic E-state index is 13.1. The van der Waals surface area contributed by atoms with Gasteiger partial charge in [-0.15, -0.1) is 0 Å². The highest BCUT2D eigenvalue weighted by atomic mass is 16.5. The molecular formula is C25H31N3O5. The Kier molecular flexibility index (Phi) is 6.67. The summed E-state index contributed by atoms with van der Waals surface area (Å²) < 4.78 is 11.0. The van der Waals surface area contributed by atoms with Gasteiger partial charge in [0.25, 0.3) is 11.8 Å². The summed E-state index contributed by atoms with van der Waals surface area (Å²) >= 11 is 0. The Hall–Kier alpha value is -3.55. The van der Waals surface area contributed by atoms with E-state index in [4.69, 9.17) is 9.47 Å². The number of methoxy groups -OCH3 is 1. The maximum Gasteiger partial charge on any atom is 0.271 e. The molecule has 176 valence electrons. The van der Waals surface area contributed by atoms with Gasteiger partial charge in [0.1, 0.15) is 18.0 Å². The zero-order valence-corrected chi connectivity index (χ0v) is 19.9. The Labute approximate surface area is 194 Å². The number of hydrogen-bond acceptors (Lipinski definition) is 5. The summed E-state index contributed by atoms with van der Waals surface area (Å²) in [6.07, 6.45) is 0.761. The smallest absolute Gasteiger partial charge is 0.271 e. The number of hydrogen-bond donors (Lipinski definition) is 2. The van der Waals surface area contributed by atoms with Gasteiger partial charge < -0.3 is 20.1 Å². The molecule has 0 bridgehead atoms. The number of carbonyl (C=O) groups excluding carboxylic acids is 3. The number of ether oxygens (including phenoxy) is 2. The Balaban J connectivity index is 1.87. The van der Waals surface area contributed by atoms with E-state index < -0.39 is 5.60 Å². The molecule has 3 rings (SSSR count). The number of fused-ring (bicyclic) bond motifs is 1. The van der Waals surface area contributed by atoms with E-state index in [1.807, 2.05) is 20.8 Å². The molecule has 33 heavy (non-hydrogen) atoms. The topological polar surface area (TPSA) is 97.0 Å². The van der Waals surface area contributed by atoms with E-state index in [2.05, 4.69) is 10.6 Å². The van der Waals surface area contributed by atoms with Crippen LogP contribution >= 0.6 is 0 Å². The summed E-state index contributed by atoms with van der Waals surface area (Å²) in [6, 6.07) is 11.8. The number of anilines is 2. The van der Waals surface area contributed by atoms with Crippen LogP contribution in [0.5, 0.6) is 11.5 Å². The minimum atomic E-state index is -1.15. The first-order chi connectivity index (χ1) is 15.5. The van der Waals surface area contributed by atoms with E-state index in [-0.39, 0.29) is 29.8 Å². The Morgan fingerprint density at radius 3 is 2.39 bits per heavy atom. The molecule has 1 heterocycles. The van der Waals surface area contributed by atoms with Crippen LogP contribution in [-0.2, 0) is 9.59 Å². The molecule has 0 saturated carbocycles. The summed E-state index contributed by atoms with van der Waals surface area (Å²) in [5.74, 6) is 0.0993. The van der Waals surface area contributed by atoms with Crippen molar-refractivity contribution in [2.24, 2.45) is 0 Å². The van der Waals surface area contributed by atoms with Gasteiger partial charge in [-0.1, -0.05) is 6.92 Å². The normalized spacial score (nSPS) is 14.7. The summed E-state index contributed by atoms with van der Waals surface area (Å²) in [6.45, 7) is 8.94. The van der Waals surface area contributed by atoms with Gasteiger partial charge in [-0.05, 0) is 76.6 Å². The third-order valence-electron chi connectivity index (χ3n) is 5.65. The van der Waals surface area contributed by atoms with Gasteiger partial charge in [0.2, 0.25) is 5.91 Å². The lowest BCUT2D eigenvalue weighted by atomic mass is 10.00. The largest absolute Gasteiger partial charge is 0.497 e. The first kappa shape index (κ1) is 24.1. The fraction of sp³-hybridized carbons (Fsp3) is 0.400. The molecule has 8 nitrogen and oxygen atoms in total. The minimum absolute atomic E-state index is 0.226. The Morgan fingerprint density at radius 2 is 1.79 bits per heavy atom. The molecule has 1 aliphatic rings. The molecule has 0 unspecified atom stereocenters. The fourth-order valence-corrected chi connectivity index (χ4v) is 3.35. The highest BCUT2D eigenvalue weighted by molar-refractivity contribution is 6.08. The molecule has 0 fully saturated rings. The van der Waals surface area contributed by atoms with E-state index in [1.54, 1.807) is 63.4 Å². The molecular weight excluding hydrogens is 422 g/mol. The summed E-state index contributed by atoms with van der Waals surface area (Å²) in [7, 11) is 1.56. The second-order valence-electron chi connectivity index (χ2n) is 9.15. The fourth-order valence-electron chi connectivity index (χ4n) is 3.35. The molecule has 2 N–H and O–H groups in total. The van der Waals surface area contributed by atoms with Crippen LogP contribution in [0, 0.1) is 0 Å². The zero-order valence-electron chi connectivity index (χ0n) is 19.9. The van der Waals surface area contributed by atoms with Crippen molar-refractivity contribution in [3.05, 3.63) is 48.0 Å². The third kappa shape index (κ3) is 5.45. The van der Waals surface area contributed by atoms with E-state index in [1.165, 1.54) is 4.90 Å². The van der Waals surface area contributed by atoms with Gasteiger partial charge in [0.15, 0.2) is 5.60 Å². The lowest BCUT2D eigenvalue weighted by molar-refractivity contribution is -0.133. The van der Waals surface area contributed by atoms with Crippen molar-refractivity contribution >= 4 is 29.1 Å². The van der Waals surface area contributed by atoms with Crippen LogP contribution in [0.25, 0.3) is 0 Å². The van der Waals surface area contributed by atoms with Crippen molar-refractivity contribution < 1.29 is 23.9 Å². The van der Waals surface area contributed by atoms with Gasteiger partial charge in [-0.2, -0.15) is 0 Å². The van der Waals surface area contributed by atoms with Crippen LogP contribution in [0.15, 0.2) is 42.5 Å². The highest BCUT2D eigenvalue weighted by Gasteiger charge is 2.42. The monoisotopic (exact) mass is 453 g/mol. The van der Waals surface area contributed by atoms with Crippen LogP contribution in [0.2, 0.25) is 0 Å². The summed E-state index contributed by atoms with van der Waals surface area (Å²) in [5.41, 5.74) is -0.185. The standard InChI is InChI=1S/C25H31N3O5/c1-7-24(2,3)27-22(30)16-8-13-20-19(14-16)28(23(31)25(4,5)33-20)15-21(29)26-17-9-11-18(32-6)12-10-17/h8-14H,7,15H2,1-6H3,(H,26,29)(H,27,30). The van der Waals surface area contributed by atoms with E-state index in [0.29, 0.717) is 28.4 Å². The van der Waals surface area contributed by atoms with Crippen LogP contribution in [0.3, 0.4) is 0 Å². The SMILES string of the molecule is CCC(C)(C)NC(=O)c1ccc2c(c1)N(CC(=O)Nc1ccc(OC)cc1)C(=O)C(C)(C)O2. The number of benzene rings is 2. The first-order valence-electron chi connectivity index (χ1n) is 10.9. The van der Waals surface area contributed by atoms with Gasteiger partial charge >= 0.3 is 0 Å². The Bertz CT molecular complexity index is 1060. The minimum Gasteiger partial charge on any atom is -0.497 e. The molecule has 2 aromatic carbocycles. The molecule has 8 heteroatoms. The van der Waals surface area contributed by atoms with Gasteiger partial charge in [-0.25, -0.2) is 0 Å². The summed E-state index contributed by atoms with van der Waals surface area (Å²) in [5, 5.41) is 5.77. The number of rotatable bonds is 7. The number of carbonyl (C=O) groups is 3. The molecule has 0 saturated heterocycles. The molecule has 3 amide bonds. The van der Waals surface area contributed by atoms with E-state index in [0.717, 1.165) is 6.42 Å². The van der Waals surface area contributed by atoms with Gasteiger partial charge in [0.05, 0.1) is 12.8 Å². The zero-order chi connectivity index (χ0) is 24.4. The van der Waals surface area contributed by atoms with Crippen molar-refractivity contribution in [2.75, 3.05) is 23.9 Å². The van der Waals surface area contributed by atoms with Gasteiger partial charge in [-0.3, -0.25) is 19.3 Å². The van der Waals surface area contributed by atoms with Crippen molar-refractivity contribution in [3.8, 4) is 11.5 Å².